The first kappa shape index (κ1) is 16.6. The number of carbonyl (C=O) groups excluding carboxylic acids is 1. The average molecular weight is 345 g/mol. The van der Waals surface area contributed by atoms with Gasteiger partial charge in [0.05, 0.1) is 16.5 Å². The number of hydrogen-bond acceptors (Lipinski definition) is 3. The van der Waals surface area contributed by atoms with E-state index in [1.54, 1.807) is 0 Å². The monoisotopic (exact) mass is 344 g/mol. The van der Waals surface area contributed by atoms with Gasteiger partial charge in [-0.25, -0.2) is 8.78 Å². The Hall–Kier alpha value is -1.24. The molecule has 2 N–H and O–H groups in total. The number of carbonyl (C=O) groups is 1. The van der Waals surface area contributed by atoms with E-state index in [0.29, 0.717) is 25.9 Å². The number of amides is 1. The van der Waals surface area contributed by atoms with Gasteiger partial charge in [0.2, 0.25) is 5.91 Å². The number of aliphatic hydroxyl groups excluding tert-OH is 1. The van der Waals surface area contributed by atoms with Crippen LogP contribution in [0.4, 0.5) is 8.78 Å². The maximum absolute atomic E-state index is 14.1. The Morgan fingerprint density at radius 3 is 2.96 bits per heavy atom. The molecular formula is C16H19ClF2N2O2. The highest BCUT2D eigenvalue weighted by Gasteiger charge is 2.49. The molecule has 1 aromatic rings. The summed E-state index contributed by atoms with van der Waals surface area (Å²) in [5.74, 6) is -1.59. The lowest BCUT2D eigenvalue weighted by Gasteiger charge is -2.47. The van der Waals surface area contributed by atoms with E-state index in [9.17, 15) is 18.7 Å². The van der Waals surface area contributed by atoms with Crippen LogP contribution in [0.3, 0.4) is 0 Å². The Labute approximate surface area is 138 Å². The minimum atomic E-state index is -0.887. The molecular weight excluding hydrogens is 326 g/mol. The summed E-state index contributed by atoms with van der Waals surface area (Å²) in [5, 5.41) is 13.0. The zero-order chi connectivity index (χ0) is 16.6. The molecule has 1 aromatic carbocycles. The number of hydrogen-bond donors (Lipinski definition) is 2. The highest BCUT2D eigenvalue weighted by molar-refractivity contribution is 6.30. The second-order valence-electron chi connectivity index (χ2n) is 6.35. The Balaban J connectivity index is 1.82. The number of halogens is 3. The zero-order valence-corrected chi connectivity index (χ0v) is 13.4. The van der Waals surface area contributed by atoms with Crippen molar-refractivity contribution in [2.45, 2.75) is 31.9 Å². The summed E-state index contributed by atoms with van der Waals surface area (Å²) in [6.45, 7) is 1.39. The van der Waals surface area contributed by atoms with Gasteiger partial charge in [-0.05, 0) is 31.4 Å². The quantitative estimate of drug-likeness (QED) is 0.808. The molecule has 2 saturated heterocycles. The van der Waals surface area contributed by atoms with E-state index in [4.69, 9.17) is 11.6 Å². The molecule has 2 atom stereocenters. The van der Waals surface area contributed by atoms with Crippen LogP contribution in [-0.2, 0) is 11.3 Å². The standard InChI is InChI=1S/C16H19ClF2N2O2/c17-11-2-3-12(18)10(14(11)19)8-21-7-4-13(22)16(9-21)5-1-6-20-15(16)23/h2-3,13,22H,1,4-9H2,(H,20,23)/t13-,16-/m1/s1. The van der Waals surface area contributed by atoms with Crippen LogP contribution < -0.4 is 5.32 Å². The molecule has 3 rings (SSSR count). The van der Waals surface area contributed by atoms with Crippen molar-refractivity contribution < 1.29 is 18.7 Å². The summed E-state index contributed by atoms with van der Waals surface area (Å²) in [5.41, 5.74) is -0.984. The molecule has 2 heterocycles. The number of benzene rings is 1. The molecule has 7 heteroatoms. The van der Waals surface area contributed by atoms with Crippen LogP contribution in [0.5, 0.6) is 0 Å². The van der Waals surface area contributed by atoms with Gasteiger partial charge in [0, 0.05) is 31.7 Å². The minimum Gasteiger partial charge on any atom is -0.392 e. The van der Waals surface area contributed by atoms with E-state index in [0.717, 1.165) is 12.5 Å². The molecule has 126 valence electrons. The molecule has 0 saturated carbocycles. The second-order valence-corrected chi connectivity index (χ2v) is 6.76. The fourth-order valence-electron chi connectivity index (χ4n) is 3.60. The first-order valence-corrected chi connectivity index (χ1v) is 8.13. The largest absolute Gasteiger partial charge is 0.392 e. The molecule has 0 radical (unpaired) electrons. The normalized spacial score (nSPS) is 28.9. The van der Waals surface area contributed by atoms with E-state index >= 15 is 0 Å². The lowest BCUT2D eigenvalue weighted by molar-refractivity contribution is -0.149. The van der Waals surface area contributed by atoms with Crippen molar-refractivity contribution >= 4 is 17.5 Å². The number of rotatable bonds is 2. The molecule has 4 nitrogen and oxygen atoms in total. The van der Waals surface area contributed by atoms with Crippen molar-refractivity contribution in [2.24, 2.45) is 5.41 Å². The molecule has 0 bridgehead atoms. The third-order valence-corrected chi connectivity index (χ3v) is 5.21. The van der Waals surface area contributed by atoms with Crippen LogP contribution in [0.15, 0.2) is 12.1 Å². The number of likely N-dealkylation sites (tertiary alicyclic amines) is 1. The van der Waals surface area contributed by atoms with Crippen LogP contribution in [0.25, 0.3) is 0 Å². The van der Waals surface area contributed by atoms with E-state index in [1.165, 1.54) is 6.07 Å². The van der Waals surface area contributed by atoms with Crippen molar-refractivity contribution in [3.05, 3.63) is 34.4 Å². The predicted octanol–water partition coefficient (Wildman–Crippen LogP) is 2.08. The topological polar surface area (TPSA) is 52.6 Å². The maximum Gasteiger partial charge on any atom is 0.230 e. The average Bonchev–Trinajstić information content (AvgIpc) is 2.54. The van der Waals surface area contributed by atoms with Crippen LogP contribution in [0.2, 0.25) is 5.02 Å². The van der Waals surface area contributed by atoms with Crippen molar-refractivity contribution in [3.8, 4) is 0 Å². The Morgan fingerprint density at radius 1 is 1.43 bits per heavy atom. The SMILES string of the molecule is O=C1NCCC[C@]12CN(Cc1c(F)ccc(Cl)c1F)CC[C@H]2O. The van der Waals surface area contributed by atoms with Crippen molar-refractivity contribution in [2.75, 3.05) is 19.6 Å². The molecule has 2 aliphatic heterocycles. The molecule has 0 unspecified atom stereocenters. The summed E-state index contributed by atoms with van der Waals surface area (Å²) < 4.78 is 28.0. The van der Waals surface area contributed by atoms with E-state index in [1.807, 2.05) is 4.90 Å². The molecule has 1 spiro atoms. The van der Waals surface area contributed by atoms with Gasteiger partial charge in [-0.2, -0.15) is 0 Å². The van der Waals surface area contributed by atoms with E-state index in [-0.39, 0.29) is 29.6 Å². The summed E-state index contributed by atoms with van der Waals surface area (Å²) >= 11 is 5.73. The van der Waals surface area contributed by atoms with Gasteiger partial charge in [-0.1, -0.05) is 11.6 Å². The summed E-state index contributed by atoms with van der Waals surface area (Å²) in [4.78, 5) is 14.1. The van der Waals surface area contributed by atoms with Gasteiger partial charge >= 0.3 is 0 Å². The van der Waals surface area contributed by atoms with Crippen LogP contribution in [-0.4, -0.2) is 41.7 Å². The van der Waals surface area contributed by atoms with Gasteiger partial charge in [-0.15, -0.1) is 0 Å². The van der Waals surface area contributed by atoms with Crippen molar-refractivity contribution in [1.29, 1.82) is 0 Å². The van der Waals surface area contributed by atoms with Gasteiger partial charge < -0.3 is 10.4 Å². The summed E-state index contributed by atoms with van der Waals surface area (Å²) in [7, 11) is 0. The first-order chi connectivity index (χ1) is 10.9. The molecule has 0 aromatic heterocycles. The highest BCUT2D eigenvalue weighted by atomic mass is 35.5. The molecule has 23 heavy (non-hydrogen) atoms. The predicted molar refractivity (Wildman–Crippen MR) is 81.9 cm³/mol. The van der Waals surface area contributed by atoms with Crippen LogP contribution >= 0.6 is 11.6 Å². The van der Waals surface area contributed by atoms with Crippen LogP contribution in [0, 0.1) is 17.0 Å². The van der Waals surface area contributed by atoms with Crippen LogP contribution in [0.1, 0.15) is 24.8 Å². The smallest absolute Gasteiger partial charge is 0.230 e. The second kappa shape index (κ2) is 6.34. The highest BCUT2D eigenvalue weighted by Crippen LogP contribution is 2.38. The number of nitrogens with one attached hydrogen (secondary N) is 1. The Morgan fingerprint density at radius 2 is 2.22 bits per heavy atom. The molecule has 2 aliphatic rings. The molecule has 0 aliphatic carbocycles. The lowest BCUT2D eigenvalue weighted by atomic mass is 9.71. The van der Waals surface area contributed by atoms with Gasteiger partial charge in [0.25, 0.3) is 0 Å². The summed E-state index contributed by atoms with van der Waals surface area (Å²) in [6.07, 6.45) is 1.04. The molecule has 1 amide bonds. The van der Waals surface area contributed by atoms with Crippen molar-refractivity contribution in [1.82, 2.24) is 10.2 Å². The first-order valence-electron chi connectivity index (χ1n) is 7.75. The summed E-state index contributed by atoms with van der Waals surface area (Å²) in [6, 6.07) is 2.33. The van der Waals surface area contributed by atoms with E-state index < -0.39 is 23.2 Å². The van der Waals surface area contributed by atoms with Gasteiger partial charge in [0.15, 0.2) is 0 Å². The third-order valence-electron chi connectivity index (χ3n) is 4.92. The van der Waals surface area contributed by atoms with Gasteiger partial charge in [-0.3, -0.25) is 9.69 Å². The fraction of sp³-hybridized carbons (Fsp3) is 0.562. The van der Waals surface area contributed by atoms with Crippen molar-refractivity contribution in [3.63, 3.8) is 0 Å². The fourth-order valence-corrected chi connectivity index (χ4v) is 3.78. The van der Waals surface area contributed by atoms with Gasteiger partial charge in [0.1, 0.15) is 11.6 Å². The minimum absolute atomic E-state index is 0.0278. The van der Waals surface area contributed by atoms with E-state index in [2.05, 4.69) is 5.32 Å². The molecule has 2 fully saturated rings. The Bertz CT molecular complexity index is 628. The number of aliphatic hydroxyl groups is 1. The third kappa shape index (κ3) is 2.95. The zero-order valence-electron chi connectivity index (χ0n) is 12.6. The number of piperidine rings is 2. The maximum atomic E-state index is 14.1. The lowest BCUT2D eigenvalue weighted by Crippen LogP contribution is -2.61. The Kier molecular flexibility index (Phi) is 4.58. The number of nitrogens with zero attached hydrogens (tertiary/aromatic N) is 1.